The molecule has 0 aromatic carbocycles. The molecule has 0 aromatic heterocycles. The van der Waals surface area contributed by atoms with Crippen molar-refractivity contribution in [1.29, 1.82) is 0 Å². The van der Waals surface area contributed by atoms with Gasteiger partial charge in [0.25, 0.3) is 0 Å². The Balaban J connectivity index is 2.33. The van der Waals surface area contributed by atoms with Gasteiger partial charge in [0, 0.05) is 12.3 Å². The Hall–Kier alpha value is -0.370. The van der Waals surface area contributed by atoms with Crippen LogP contribution in [0.5, 0.6) is 0 Å². The van der Waals surface area contributed by atoms with Gasteiger partial charge in [-0.1, -0.05) is 13.8 Å². The second-order valence-corrected chi connectivity index (χ2v) is 5.08. The van der Waals surface area contributed by atoms with Gasteiger partial charge < -0.3 is 5.11 Å². The second-order valence-electron chi connectivity index (χ2n) is 5.08. The third kappa shape index (κ3) is 0.717. The molecule has 2 nitrogen and oxygen atoms in total. The molecule has 3 atom stereocenters. The number of fused-ring (bicyclic) bond motifs is 2. The van der Waals surface area contributed by atoms with Gasteiger partial charge in [0.1, 0.15) is 5.60 Å². The summed E-state index contributed by atoms with van der Waals surface area (Å²) >= 11 is 0. The molecule has 3 aliphatic carbocycles. The first-order valence-electron chi connectivity index (χ1n) is 4.62. The van der Waals surface area contributed by atoms with Crippen LogP contribution in [0.4, 0.5) is 0 Å². The van der Waals surface area contributed by atoms with E-state index in [1.165, 1.54) is 0 Å². The lowest BCUT2D eigenvalue weighted by atomic mass is 9.44. The molecule has 68 valence electrons. The Labute approximate surface area is 73.0 Å². The van der Waals surface area contributed by atoms with Crippen LogP contribution in [0.2, 0.25) is 0 Å². The van der Waals surface area contributed by atoms with Gasteiger partial charge in [-0.2, -0.15) is 0 Å². The molecule has 12 heavy (non-hydrogen) atoms. The Morgan fingerprint density at radius 1 is 1.42 bits per heavy atom. The number of carbonyl (C=O) groups is 1. The lowest BCUT2D eigenvalue weighted by molar-refractivity contribution is -0.196. The van der Waals surface area contributed by atoms with Crippen molar-refractivity contribution in [1.82, 2.24) is 0 Å². The smallest absolute Gasteiger partial charge is 0.164 e. The Morgan fingerprint density at radius 2 is 2.00 bits per heavy atom. The molecule has 3 aliphatic rings. The average Bonchev–Trinajstić information content (AvgIpc) is 1.93. The molecule has 0 aromatic rings. The number of hydrogen-bond donors (Lipinski definition) is 1. The van der Waals surface area contributed by atoms with Gasteiger partial charge >= 0.3 is 0 Å². The molecule has 0 heterocycles. The molecule has 0 spiro atoms. The van der Waals surface area contributed by atoms with Crippen LogP contribution in [-0.4, -0.2) is 16.5 Å². The van der Waals surface area contributed by atoms with Gasteiger partial charge in [-0.25, -0.2) is 0 Å². The minimum absolute atomic E-state index is 0.0445. The summed E-state index contributed by atoms with van der Waals surface area (Å²) in [6.07, 6.45) is 1.61. The summed E-state index contributed by atoms with van der Waals surface area (Å²) in [6.45, 7) is 6.00. The first kappa shape index (κ1) is 8.24. The monoisotopic (exact) mass is 168 g/mol. The summed E-state index contributed by atoms with van der Waals surface area (Å²) in [4.78, 5) is 11.4. The van der Waals surface area contributed by atoms with Crippen LogP contribution in [0.15, 0.2) is 0 Å². The van der Waals surface area contributed by atoms with E-state index in [0.717, 1.165) is 6.42 Å². The van der Waals surface area contributed by atoms with Crippen molar-refractivity contribution in [2.24, 2.45) is 17.3 Å². The van der Waals surface area contributed by atoms with Crippen molar-refractivity contribution >= 4 is 5.78 Å². The summed E-state index contributed by atoms with van der Waals surface area (Å²) in [5, 5.41) is 9.94. The highest BCUT2D eigenvalue weighted by atomic mass is 16.3. The zero-order valence-electron chi connectivity index (χ0n) is 7.92. The van der Waals surface area contributed by atoms with E-state index in [1.807, 2.05) is 0 Å². The van der Waals surface area contributed by atoms with Crippen LogP contribution < -0.4 is 0 Å². The molecular formula is C10H16O2. The minimum Gasteiger partial charge on any atom is -0.382 e. The van der Waals surface area contributed by atoms with E-state index in [0.29, 0.717) is 12.3 Å². The van der Waals surface area contributed by atoms with Gasteiger partial charge in [-0.3, -0.25) is 4.79 Å². The number of hydrogen-bond acceptors (Lipinski definition) is 2. The van der Waals surface area contributed by atoms with Crippen molar-refractivity contribution in [3.05, 3.63) is 0 Å². The third-order valence-electron chi connectivity index (χ3n) is 4.15. The topological polar surface area (TPSA) is 37.3 Å². The fraction of sp³-hybridized carbons (Fsp3) is 0.900. The molecule has 2 heteroatoms. The predicted octanol–water partition coefficient (Wildman–Crippen LogP) is 1.37. The first-order chi connectivity index (χ1) is 5.37. The van der Waals surface area contributed by atoms with Crippen molar-refractivity contribution < 1.29 is 9.90 Å². The Morgan fingerprint density at radius 3 is 2.33 bits per heavy atom. The average molecular weight is 168 g/mol. The molecule has 2 bridgehead atoms. The van der Waals surface area contributed by atoms with Crippen molar-refractivity contribution in [3.8, 4) is 0 Å². The van der Waals surface area contributed by atoms with Crippen LogP contribution in [0.25, 0.3) is 0 Å². The van der Waals surface area contributed by atoms with Gasteiger partial charge in [-0.05, 0) is 24.7 Å². The number of carbonyl (C=O) groups excluding carboxylic acids is 1. The van der Waals surface area contributed by atoms with Crippen LogP contribution >= 0.6 is 0 Å². The van der Waals surface area contributed by atoms with Crippen LogP contribution in [-0.2, 0) is 4.79 Å². The van der Waals surface area contributed by atoms with E-state index in [9.17, 15) is 9.90 Å². The number of rotatable bonds is 0. The quantitative estimate of drug-likeness (QED) is 0.593. The summed E-state index contributed by atoms with van der Waals surface area (Å²) in [7, 11) is 0. The van der Waals surface area contributed by atoms with Crippen LogP contribution in [0.3, 0.4) is 0 Å². The number of Topliss-reactive ketones (excluding diaryl/α,β-unsaturated/α-hetero) is 1. The van der Waals surface area contributed by atoms with Gasteiger partial charge in [0.2, 0.25) is 0 Å². The first-order valence-corrected chi connectivity index (χ1v) is 4.62. The van der Waals surface area contributed by atoms with Crippen molar-refractivity contribution in [2.75, 3.05) is 0 Å². The molecule has 3 saturated carbocycles. The Kier molecular flexibility index (Phi) is 1.32. The summed E-state index contributed by atoms with van der Waals surface area (Å²) in [5.74, 6) is 0.759. The van der Waals surface area contributed by atoms with E-state index in [4.69, 9.17) is 0 Å². The van der Waals surface area contributed by atoms with E-state index in [2.05, 4.69) is 13.8 Å². The fourth-order valence-electron chi connectivity index (χ4n) is 2.94. The molecular weight excluding hydrogens is 152 g/mol. The zero-order chi connectivity index (χ0) is 9.15. The molecule has 1 N–H and O–H groups in total. The standard InChI is InChI=1S/C10H16O2/c1-9(2)6-4-7(9)10(3,12)8(11)5-6/h6-7,12H,4-5H2,1-3H3/t6-,7+,10+/m0/s1. The van der Waals surface area contributed by atoms with Gasteiger partial charge in [0.05, 0.1) is 0 Å². The van der Waals surface area contributed by atoms with E-state index in [-0.39, 0.29) is 17.1 Å². The molecule has 0 unspecified atom stereocenters. The summed E-state index contributed by atoms with van der Waals surface area (Å²) in [6, 6.07) is 0. The van der Waals surface area contributed by atoms with Crippen molar-refractivity contribution in [3.63, 3.8) is 0 Å². The van der Waals surface area contributed by atoms with Gasteiger partial charge in [0.15, 0.2) is 5.78 Å². The van der Waals surface area contributed by atoms with Crippen LogP contribution in [0, 0.1) is 17.3 Å². The molecule has 3 rings (SSSR count). The minimum atomic E-state index is -1.04. The molecule has 0 radical (unpaired) electrons. The van der Waals surface area contributed by atoms with E-state index in [1.54, 1.807) is 6.92 Å². The van der Waals surface area contributed by atoms with E-state index < -0.39 is 5.60 Å². The Bertz CT molecular complexity index is 240. The zero-order valence-corrected chi connectivity index (χ0v) is 7.92. The highest BCUT2D eigenvalue weighted by Gasteiger charge is 2.62. The third-order valence-corrected chi connectivity index (χ3v) is 4.15. The van der Waals surface area contributed by atoms with Crippen molar-refractivity contribution in [2.45, 2.75) is 39.2 Å². The molecule has 0 aliphatic heterocycles. The molecule has 3 fully saturated rings. The highest BCUT2D eigenvalue weighted by molar-refractivity contribution is 5.89. The highest BCUT2D eigenvalue weighted by Crippen LogP contribution is 2.61. The van der Waals surface area contributed by atoms with E-state index >= 15 is 0 Å². The summed E-state index contributed by atoms with van der Waals surface area (Å²) < 4.78 is 0. The molecule has 0 amide bonds. The maximum Gasteiger partial charge on any atom is 0.164 e. The lowest BCUT2D eigenvalue weighted by Crippen LogP contribution is -2.64. The fourth-order valence-corrected chi connectivity index (χ4v) is 2.94. The van der Waals surface area contributed by atoms with Crippen LogP contribution in [0.1, 0.15) is 33.6 Å². The number of ketones is 1. The molecule has 0 saturated heterocycles. The second kappa shape index (κ2) is 1.92. The number of aliphatic hydroxyl groups is 1. The maximum atomic E-state index is 11.4. The lowest BCUT2D eigenvalue weighted by Gasteiger charge is -2.61. The largest absolute Gasteiger partial charge is 0.382 e. The summed E-state index contributed by atoms with van der Waals surface area (Å²) in [5.41, 5.74) is -0.865. The maximum absolute atomic E-state index is 11.4. The SMILES string of the molecule is CC1(C)[C@@H]2CC(=O)[C@](C)(O)[C@@H]1C2. The predicted molar refractivity (Wildman–Crippen MR) is 45.6 cm³/mol. The normalized spacial score (nSPS) is 50.2. The van der Waals surface area contributed by atoms with Gasteiger partial charge in [-0.15, -0.1) is 0 Å².